The van der Waals surface area contributed by atoms with E-state index in [-0.39, 0.29) is 11.8 Å². The highest BCUT2D eigenvalue weighted by atomic mass is 16.2. The first-order valence-corrected chi connectivity index (χ1v) is 5.03. The third kappa shape index (κ3) is 2.17. The fourth-order valence-electron chi connectivity index (χ4n) is 1.65. The van der Waals surface area contributed by atoms with Crippen molar-refractivity contribution in [3.63, 3.8) is 0 Å². The number of amides is 2. The van der Waals surface area contributed by atoms with Crippen molar-refractivity contribution in [2.45, 2.75) is 12.5 Å². The van der Waals surface area contributed by atoms with Crippen LogP contribution in [-0.4, -0.2) is 11.8 Å². The van der Waals surface area contributed by atoms with Gasteiger partial charge in [0.2, 0.25) is 0 Å². The van der Waals surface area contributed by atoms with Crippen LogP contribution in [-0.2, 0) is 16.0 Å². The lowest BCUT2D eigenvalue weighted by Crippen LogP contribution is -2.24. The molecule has 0 spiro atoms. The van der Waals surface area contributed by atoms with Crippen LogP contribution < -0.4 is 11.1 Å². The Morgan fingerprint density at radius 1 is 1.12 bits per heavy atom. The van der Waals surface area contributed by atoms with Crippen LogP contribution in [0.25, 0.3) is 0 Å². The number of nitrogens with two attached hydrogens (primary N) is 1. The van der Waals surface area contributed by atoms with E-state index in [1.165, 1.54) is 23.3 Å². The number of fused-ring (bicyclic) bond motifs is 1. The summed E-state index contributed by atoms with van der Waals surface area (Å²) in [7, 11) is 0. The number of hydrogen-bond donors (Lipinski definition) is 2. The number of benzene rings is 1. The summed E-state index contributed by atoms with van der Waals surface area (Å²) < 4.78 is 0. The summed E-state index contributed by atoms with van der Waals surface area (Å²) >= 11 is 0. The quantitative estimate of drug-likeness (QED) is 0.618. The van der Waals surface area contributed by atoms with Crippen molar-refractivity contribution in [3.05, 3.63) is 47.5 Å². The molecule has 0 saturated heterocycles. The number of hydrogen-bond acceptors (Lipinski definition) is 3. The molecule has 3 N–H and O–H groups in total. The van der Waals surface area contributed by atoms with Gasteiger partial charge in [0.1, 0.15) is 0 Å². The molecule has 0 fully saturated rings. The summed E-state index contributed by atoms with van der Waals surface area (Å²) in [5.41, 5.74) is 8.44. The predicted octanol–water partition coefficient (Wildman–Crippen LogP) is 0.442. The molecule has 1 aliphatic heterocycles. The standard InChI is InChI=1S/C8H9N.C4H3NO2/c9-8-5-6-3-1-2-4-7(6)8;6-3-1-2-4(7)5-3/h1-4,8H,5,9H2;1-2H,(H,5,6,7). The summed E-state index contributed by atoms with van der Waals surface area (Å²) in [5.74, 6) is -0.657. The Bertz CT molecular complexity index is 450. The van der Waals surface area contributed by atoms with Crippen molar-refractivity contribution in [1.82, 2.24) is 5.32 Å². The van der Waals surface area contributed by atoms with Gasteiger partial charge in [-0.05, 0) is 17.5 Å². The van der Waals surface area contributed by atoms with Gasteiger partial charge in [-0.15, -0.1) is 0 Å². The molecule has 1 heterocycles. The average Bonchev–Trinajstić information content (AvgIpc) is 2.62. The molecule has 0 bridgehead atoms. The average molecular weight is 216 g/mol. The third-order valence-corrected chi connectivity index (χ3v) is 2.53. The maximum Gasteiger partial charge on any atom is 0.250 e. The Balaban J connectivity index is 0.000000125. The Morgan fingerprint density at radius 2 is 1.75 bits per heavy atom. The monoisotopic (exact) mass is 216 g/mol. The summed E-state index contributed by atoms with van der Waals surface area (Å²) in [6, 6.07) is 8.66. The fourth-order valence-corrected chi connectivity index (χ4v) is 1.65. The molecule has 4 heteroatoms. The Labute approximate surface area is 93.1 Å². The molecule has 16 heavy (non-hydrogen) atoms. The Hall–Kier alpha value is -1.94. The van der Waals surface area contributed by atoms with Gasteiger partial charge in [-0.3, -0.25) is 14.9 Å². The molecule has 3 rings (SSSR count). The van der Waals surface area contributed by atoms with Gasteiger partial charge in [0, 0.05) is 18.2 Å². The van der Waals surface area contributed by atoms with Crippen molar-refractivity contribution < 1.29 is 9.59 Å². The Kier molecular flexibility index (Phi) is 2.83. The first-order chi connectivity index (χ1) is 7.66. The largest absolute Gasteiger partial charge is 0.324 e. The van der Waals surface area contributed by atoms with Crippen LogP contribution in [0.4, 0.5) is 0 Å². The van der Waals surface area contributed by atoms with E-state index in [0.717, 1.165) is 6.42 Å². The van der Waals surface area contributed by atoms with E-state index in [2.05, 4.69) is 18.2 Å². The lowest BCUT2D eigenvalue weighted by atomic mass is 9.84. The normalized spacial score (nSPS) is 20.4. The molecule has 2 aliphatic rings. The minimum Gasteiger partial charge on any atom is -0.324 e. The van der Waals surface area contributed by atoms with E-state index in [1.54, 1.807) is 0 Å². The first kappa shape index (κ1) is 10.6. The van der Waals surface area contributed by atoms with Crippen LogP contribution in [0.3, 0.4) is 0 Å². The zero-order valence-corrected chi connectivity index (χ0v) is 8.64. The lowest BCUT2D eigenvalue weighted by molar-refractivity contribution is -0.123. The fraction of sp³-hybridized carbons (Fsp3) is 0.167. The second-order valence-electron chi connectivity index (χ2n) is 3.70. The number of rotatable bonds is 0. The Morgan fingerprint density at radius 3 is 2.12 bits per heavy atom. The van der Waals surface area contributed by atoms with Gasteiger partial charge in [0.15, 0.2) is 0 Å². The summed E-state index contributed by atoms with van der Waals surface area (Å²) in [6.45, 7) is 0. The molecule has 1 aliphatic carbocycles. The van der Waals surface area contributed by atoms with Crippen LogP contribution in [0, 0.1) is 0 Å². The highest BCUT2D eigenvalue weighted by Crippen LogP contribution is 2.29. The maximum absolute atomic E-state index is 10.0. The van der Waals surface area contributed by atoms with Gasteiger partial charge < -0.3 is 5.73 Å². The van der Waals surface area contributed by atoms with Gasteiger partial charge in [-0.2, -0.15) is 0 Å². The van der Waals surface area contributed by atoms with Gasteiger partial charge in [0.05, 0.1) is 0 Å². The van der Waals surface area contributed by atoms with E-state index >= 15 is 0 Å². The zero-order chi connectivity index (χ0) is 11.5. The molecule has 1 unspecified atom stereocenters. The molecular weight excluding hydrogens is 204 g/mol. The minimum absolute atomic E-state index is 0.321. The molecule has 0 aromatic heterocycles. The maximum atomic E-state index is 10.0. The SMILES string of the molecule is NC1Cc2ccccc21.O=C1C=CC(=O)N1. The van der Waals surface area contributed by atoms with Crippen LogP contribution in [0.15, 0.2) is 36.4 Å². The molecular formula is C12H12N2O2. The molecule has 2 amide bonds. The van der Waals surface area contributed by atoms with E-state index in [0.29, 0.717) is 6.04 Å². The zero-order valence-electron chi connectivity index (χ0n) is 8.64. The molecule has 1 aromatic carbocycles. The van der Waals surface area contributed by atoms with Gasteiger partial charge >= 0.3 is 0 Å². The number of nitrogens with one attached hydrogen (secondary N) is 1. The van der Waals surface area contributed by atoms with Crippen LogP contribution in [0.1, 0.15) is 17.2 Å². The van der Waals surface area contributed by atoms with Gasteiger partial charge in [-0.25, -0.2) is 0 Å². The third-order valence-electron chi connectivity index (χ3n) is 2.53. The van der Waals surface area contributed by atoms with Crippen molar-refractivity contribution in [3.8, 4) is 0 Å². The van der Waals surface area contributed by atoms with E-state index in [4.69, 9.17) is 5.73 Å². The highest BCUT2D eigenvalue weighted by molar-refractivity contribution is 6.12. The minimum atomic E-state index is -0.329. The summed E-state index contributed by atoms with van der Waals surface area (Å²) in [6.07, 6.45) is 3.46. The number of imide groups is 1. The number of carbonyl (C=O) groups is 2. The van der Waals surface area contributed by atoms with Gasteiger partial charge in [0.25, 0.3) is 11.8 Å². The smallest absolute Gasteiger partial charge is 0.250 e. The van der Waals surface area contributed by atoms with Crippen LogP contribution in [0.5, 0.6) is 0 Å². The molecule has 1 aromatic rings. The molecule has 4 nitrogen and oxygen atoms in total. The van der Waals surface area contributed by atoms with Crippen LogP contribution in [0.2, 0.25) is 0 Å². The van der Waals surface area contributed by atoms with Crippen molar-refractivity contribution in [2.24, 2.45) is 5.73 Å². The second-order valence-corrected chi connectivity index (χ2v) is 3.70. The van der Waals surface area contributed by atoms with Crippen molar-refractivity contribution in [2.75, 3.05) is 0 Å². The van der Waals surface area contributed by atoms with Crippen LogP contribution >= 0.6 is 0 Å². The highest BCUT2D eigenvalue weighted by Gasteiger charge is 2.20. The van der Waals surface area contributed by atoms with E-state index in [9.17, 15) is 9.59 Å². The molecule has 82 valence electrons. The van der Waals surface area contributed by atoms with Crippen molar-refractivity contribution >= 4 is 11.8 Å². The predicted molar refractivity (Wildman–Crippen MR) is 59.4 cm³/mol. The second kappa shape index (κ2) is 4.28. The summed E-state index contributed by atoms with van der Waals surface area (Å²) in [5, 5.41) is 2.03. The molecule has 1 atom stereocenters. The topological polar surface area (TPSA) is 72.2 Å². The van der Waals surface area contributed by atoms with Gasteiger partial charge in [-0.1, -0.05) is 24.3 Å². The molecule has 0 saturated carbocycles. The number of carbonyl (C=O) groups excluding carboxylic acids is 2. The lowest BCUT2D eigenvalue weighted by Gasteiger charge is -2.25. The van der Waals surface area contributed by atoms with E-state index in [1.807, 2.05) is 11.4 Å². The van der Waals surface area contributed by atoms with Crippen molar-refractivity contribution in [1.29, 1.82) is 0 Å². The first-order valence-electron chi connectivity index (χ1n) is 5.03. The van der Waals surface area contributed by atoms with E-state index < -0.39 is 0 Å². The molecule has 0 radical (unpaired) electrons. The summed E-state index contributed by atoms with van der Waals surface area (Å²) in [4.78, 5) is 20.1.